The zero-order chi connectivity index (χ0) is 11.7. The minimum absolute atomic E-state index is 0.212. The Bertz CT molecular complexity index is 510. The number of aromatic nitrogens is 3. The van der Waals surface area contributed by atoms with Crippen LogP contribution < -0.4 is 5.32 Å². The van der Waals surface area contributed by atoms with E-state index in [2.05, 4.69) is 26.6 Å². The van der Waals surface area contributed by atoms with Crippen molar-refractivity contribution in [1.82, 2.24) is 20.5 Å². The van der Waals surface area contributed by atoms with Crippen molar-refractivity contribution in [3.05, 3.63) is 33.5 Å². The summed E-state index contributed by atoms with van der Waals surface area (Å²) in [6.45, 7) is 0.567. The maximum Gasteiger partial charge on any atom is 0.288 e. The molecule has 3 rings (SSSR count). The predicted molar refractivity (Wildman–Crippen MR) is 63.9 cm³/mol. The van der Waals surface area contributed by atoms with Gasteiger partial charge in [0, 0.05) is 9.75 Å². The molecular weight excluding hydrogens is 236 g/mol. The van der Waals surface area contributed by atoms with Gasteiger partial charge in [-0.3, -0.25) is 9.89 Å². The molecule has 2 aromatic rings. The fraction of sp³-hybridized carbons (Fsp3) is 0.364. The van der Waals surface area contributed by atoms with Crippen molar-refractivity contribution in [2.75, 3.05) is 0 Å². The Morgan fingerprint density at radius 3 is 3.24 bits per heavy atom. The van der Waals surface area contributed by atoms with E-state index in [-0.39, 0.29) is 11.7 Å². The van der Waals surface area contributed by atoms with Crippen LogP contribution in [0.5, 0.6) is 0 Å². The molecule has 0 saturated heterocycles. The molecule has 0 fully saturated rings. The Morgan fingerprint density at radius 1 is 1.53 bits per heavy atom. The summed E-state index contributed by atoms with van der Waals surface area (Å²) in [4.78, 5) is 18.1. The topological polar surface area (TPSA) is 70.7 Å². The van der Waals surface area contributed by atoms with E-state index in [1.165, 1.54) is 40.9 Å². The van der Waals surface area contributed by atoms with Crippen LogP contribution >= 0.6 is 11.3 Å². The van der Waals surface area contributed by atoms with Crippen LogP contribution in [0.3, 0.4) is 0 Å². The van der Waals surface area contributed by atoms with Crippen molar-refractivity contribution in [1.29, 1.82) is 0 Å². The molecule has 0 aliphatic heterocycles. The highest BCUT2D eigenvalue weighted by molar-refractivity contribution is 7.12. The number of carbonyl (C=O) groups excluding carboxylic acids is 1. The number of nitrogens with zero attached hydrogens (tertiary/aromatic N) is 2. The number of thiophene rings is 1. The van der Waals surface area contributed by atoms with E-state index in [0.717, 1.165) is 0 Å². The van der Waals surface area contributed by atoms with Crippen LogP contribution in [-0.2, 0) is 19.4 Å². The van der Waals surface area contributed by atoms with E-state index in [1.807, 2.05) is 0 Å². The van der Waals surface area contributed by atoms with Crippen LogP contribution in [0.4, 0.5) is 0 Å². The van der Waals surface area contributed by atoms with Gasteiger partial charge in [0.15, 0.2) is 0 Å². The standard InChI is InChI=1S/C11H12N4OS/c16-11(10-13-6-14-15-10)12-5-8-4-7-2-1-3-9(7)17-8/h4,6H,1-3,5H2,(H,12,16)(H,13,14,15). The molecule has 0 radical (unpaired) electrons. The summed E-state index contributed by atoms with van der Waals surface area (Å²) in [5.41, 5.74) is 1.46. The molecule has 2 N–H and O–H groups in total. The average Bonchev–Trinajstić information content (AvgIpc) is 3.01. The van der Waals surface area contributed by atoms with Gasteiger partial charge in [0.1, 0.15) is 6.33 Å². The van der Waals surface area contributed by atoms with Crippen LogP contribution in [0, 0.1) is 0 Å². The summed E-state index contributed by atoms with van der Waals surface area (Å²) in [7, 11) is 0. The van der Waals surface area contributed by atoms with E-state index in [0.29, 0.717) is 6.54 Å². The summed E-state index contributed by atoms with van der Waals surface area (Å²) < 4.78 is 0. The Labute approximate surface area is 102 Å². The highest BCUT2D eigenvalue weighted by Crippen LogP contribution is 2.30. The zero-order valence-electron chi connectivity index (χ0n) is 9.19. The third-order valence-electron chi connectivity index (χ3n) is 2.85. The van der Waals surface area contributed by atoms with E-state index in [1.54, 1.807) is 11.3 Å². The molecule has 2 aromatic heterocycles. The maximum atomic E-state index is 11.6. The third-order valence-corrected chi connectivity index (χ3v) is 4.09. The summed E-state index contributed by atoms with van der Waals surface area (Å²) >= 11 is 1.80. The SMILES string of the molecule is O=C(NCc1cc2c(s1)CCC2)c1ncn[nH]1. The molecule has 0 atom stereocenters. The van der Waals surface area contributed by atoms with Crippen molar-refractivity contribution >= 4 is 17.2 Å². The maximum absolute atomic E-state index is 11.6. The third kappa shape index (κ3) is 2.08. The number of amides is 1. The molecule has 2 heterocycles. The van der Waals surface area contributed by atoms with Gasteiger partial charge in [0.05, 0.1) is 6.54 Å². The van der Waals surface area contributed by atoms with Gasteiger partial charge in [-0.05, 0) is 30.9 Å². The van der Waals surface area contributed by atoms with Crippen LogP contribution in [0.2, 0.25) is 0 Å². The van der Waals surface area contributed by atoms with Crippen LogP contribution in [0.25, 0.3) is 0 Å². The lowest BCUT2D eigenvalue weighted by Crippen LogP contribution is -2.23. The summed E-state index contributed by atoms with van der Waals surface area (Å²) in [5, 5.41) is 9.01. The van der Waals surface area contributed by atoms with Crippen molar-refractivity contribution in [2.24, 2.45) is 0 Å². The molecule has 0 spiro atoms. The lowest BCUT2D eigenvalue weighted by atomic mass is 10.2. The fourth-order valence-electron chi connectivity index (χ4n) is 2.04. The smallest absolute Gasteiger partial charge is 0.288 e. The van der Waals surface area contributed by atoms with E-state index in [4.69, 9.17) is 0 Å². The molecular formula is C11H12N4OS. The molecule has 1 aliphatic rings. The number of nitrogens with one attached hydrogen (secondary N) is 2. The molecule has 0 saturated carbocycles. The van der Waals surface area contributed by atoms with Gasteiger partial charge >= 0.3 is 0 Å². The lowest BCUT2D eigenvalue weighted by molar-refractivity contribution is 0.0941. The quantitative estimate of drug-likeness (QED) is 0.859. The molecule has 17 heavy (non-hydrogen) atoms. The van der Waals surface area contributed by atoms with Gasteiger partial charge in [0.25, 0.3) is 5.91 Å². The molecule has 5 nitrogen and oxygen atoms in total. The first-order chi connectivity index (χ1) is 8.33. The highest BCUT2D eigenvalue weighted by atomic mass is 32.1. The number of hydrogen-bond donors (Lipinski definition) is 2. The Balaban J connectivity index is 1.62. The summed E-state index contributed by atoms with van der Waals surface area (Å²) in [6, 6.07) is 2.20. The van der Waals surface area contributed by atoms with Crippen molar-refractivity contribution in [2.45, 2.75) is 25.8 Å². The van der Waals surface area contributed by atoms with E-state index in [9.17, 15) is 4.79 Å². The van der Waals surface area contributed by atoms with Crippen molar-refractivity contribution in [3.8, 4) is 0 Å². The molecule has 0 bridgehead atoms. The Morgan fingerprint density at radius 2 is 2.47 bits per heavy atom. The minimum Gasteiger partial charge on any atom is -0.344 e. The number of aryl methyl sites for hydroxylation is 2. The number of carbonyl (C=O) groups is 1. The highest BCUT2D eigenvalue weighted by Gasteiger charge is 2.15. The normalized spacial score (nSPS) is 13.6. The molecule has 6 heteroatoms. The minimum atomic E-state index is -0.212. The zero-order valence-corrected chi connectivity index (χ0v) is 10.0. The number of fused-ring (bicyclic) bond motifs is 1. The number of rotatable bonds is 3. The lowest BCUT2D eigenvalue weighted by Gasteiger charge is -2.00. The monoisotopic (exact) mass is 248 g/mol. The molecule has 88 valence electrons. The van der Waals surface area contributed by atoms with Gasteiger partial charge < -0.3 is 5.32 Å². The first-order valence-corrected chi connectivity index (χ1v) is 6.38. The number of hydrogen-bond acceptors (Lipinski definition) is 4. The van der Waals surface area contributed by atoms with E-state index < -0.39 is 0 Å². The van der Waals surface area contributed by atoms with Gasteiger partial charge in [0.2, 0.25) is 5.82 Å². The second kappa shape index (κ2) is 4.29. The van der Waals surface area contributed by atoms with Crippen molar-refractivity contribution < 1.29 is 4.79 Å². The number of aromatic amines is 1. The van der Waals surface area contributed by atoms with Crippen molar-refractivity contribution in [3.63, 3.8) is 0 Å². The Kier molecular flexibility index (Phi) is 2.64. The molecule has 1 aliphatic carbocycles. The second-order valence-corrected chi connectivity index (χ2v) is 5.25. The Hall–Kier alpha value is -1.69. The summed E-state index contributed by atoms with van der Waals surface area (Å²) in [6.07, 6.45) is 4.97. The number of H-pyrrole nitrogens is 1. The summed E-state index contributed by atoms with van der Waals surface area (Å²) in [5.74, 6) is 0.0464. The van der Waals surface area contributed by atoms with Crippen LogP contribution in [0.15, 0.2) is 12.4 Å². The van der Waals surface area contributed by atoms with Crippen LogP contribution in [-0.4, -0.2) is 21.1 Å². The average molecular weight is 248 g/mol. The van der Waals surface area contributed by atoms with Gasteiger partial charge in [-0.2, -0.15) is 5.10 Å². The fourth-order valence-corrected chi connectivity index (χ4v) is 3.24. The van der Waals surface area contributed by atoms with Gasteiger partial charge in [-0.1, -0.05) is 0 Å². The molecule has 1 amide bonds. The van der Waals surface area contributed by atoms with E-state index >= 15 is 0 Å². The molecule has 0 aromatic carbocycles. The van der Waals surface area contributed by atoms with Gasteiger partial charge in [-0.15, -0.1) is 11.3 Å². The predicted octanol–water partition coefficient (Wildman–Crippen LogP) is 1.28. The first kappa shape index (κ1) is 10.5. The second-order valence-electron chi connectivity index (χ2n) is 4.03. The van der Waals surface area contributed by atoms with Gasteiger partial charge in [-0.25, -0.2) is 4.98 Å². The largest absolute Gasteiger partial charge is 0.344 e. The van der Waals surface area contributed by atoms with Crippen LogP contribution in [0.1, 0.15) is 32.4 Å². The first-order valence-electron chi connectivity index (χ1n) is 5.57. The molecule has 0 unspecified atom stereocenters.